The molecular weight excluding hydrogens is 233 g/mol. The van der Waals surface area contributed by atoms with Gasteiger partial charge in [-0.15, -0.1) is 0 Å². The molecule has 0 radical (unpaired) electrons. The van der Waals surface area contributed by atoms with Gasteiger partial charge in [-0.3, -0.25) is 0 Å². The van der Waals surface area contributed by atoms with Crippen LogP contribution in [0.2, 0.25) is 0 Å². The van der Waals surface area contributed by atoms with Crippen LogP contribution in [0.15, 0.2) is 24.3 Å². The number of aliphatic hydroxyl groups excluding tert-OH is 2. The Balaban J connectivity index is 2.30. The first kappa shape index (κ1) is 12.4. The summed E-state index contributed by atoms with van der Waals surface area (Å²) in [6.07, 6.45) is -5.58. The molecule has 0 spiro atoms. The van der Waals surface area contributed by atoms with E-state index in [1.165, 1.54) is 18.2 Å². The Labute approximate surface area is 96.7 Å². The molecule has 1 saturated carbocycles. The van der Waals surface area contributed by atoms with E-state index in [-0.39, 0.29) is 11.5 Å². The molecule has 0 aliphatic heterocycles. The molecule has 1 aromatic carbocycles. The molecule has 1 aliphatic carbocycles. The van der Waals surface area contributed by atoms with E-state index in [2.05, 4.69) is 0 Å². The molecule has 2 nitrogen and oxygen atoms in total. The molecule has 1 aromatic rings. The van der Waals surface area contributed by atoms with Gasteiger partial charge in [-0.05, 0) is 30.4 Å². The van der Waals surface area contributed by atoms with Gasteiger partial charge in [0.1, 0.15) is 6.10 Å². The summed E-state index contributed by atoms with van der Waals surface area (Å²) >= 11 is 0. The second-order valence-corrected chi connectivity index (χ2v) is 4.36. The van der Waals surface area contributed by atoms with E-state index in [9.17, 15) is 23.4 Å². The summed E-state index contributed by atoms with van der Waals surface area (Å²) in [5, 5.41) is 19.5. The van der Waals surface area contributed by atoms with Gasteiger partial charge in [0.05, 0.1) is 11.7 Å². The zero-order valence-corrected chi connectivity index (χ0v) is 8.98. The van der Waals surface area contributed by atoms with E-state index in [1.807, 2.05) is 0 Å². The molecule has 17 heavy (non-hydrogen) atoms. The van der Waals surface area contributed by atoms with E-state index in [0.29, 0.717) is 0 Å². The van der Waals surface area contributed by atoms with Gasteiger partial charge in [0.15, 0.2) is 0 Å². The van der Waals surface area contributed by atoms with Gasteiger partial charge < -0.3 is 10.2 Å². The largest absolute Gasteiger partial charge is 0.416 e. The van der Waals surface area contributed by atoms with Gasteiger partial charge in [-0.2, -0.15) is 13.2 Å². The number of alkyl halides is 3. The quantitative estimate of drug-likeness (QED) is 0.860. The molecule has 0 bridgehead atoms. The molecule has 1 aliphatic rings. The Morgan fingerprint density at radius 1 is 1.12 bits per heavy atom. The molecule has 0 aromatic heterocycles. The standard InChI is InChI=1S/C12H13F3O2/c13-12(14,15)9-4-2-1-3-8(9)11(17)10(16)7-5-6-7/h1-4,7,10-11,16-17H,5-6H2. The zero-order valence-electron chi connectivity index (χ0n) is 8.98. The summed E-state index contributed by atoms with van der Waals surface area (Å²) in [6, 6.07) is 4.81. The molecule has 2 atom stereocenters. The van der Waals surface area contributed by atoms with Gasteiger partial charge >= 0.3 is 6.18 Å². The lowest BCUT2D eigenvalue weighted by Crippen LogP contribution is -2.23. The molecule has 5 heteroatoms. The monoisotopic (exact) mass is 246 g/mol. The summed E-state index contributed by atoms with van der Waals surface area (Å²) in [5.74, 6) is -0.0775. The summed E-state index contributed by atoms with van der Waals surface area (Å²) < 4.78 is 38.1. The van der Waals surface area contributed by atoms with Crippen molar-refractivity contribution in [2.24, 2.45) is 5.92 Å². The van der Waals surface area contributed by atoms with Crippen LogP contribution in [0.3, 0.4) is 0 Å². The Kier molecular flexibility index (Phi) is 3.14. The summed E-state index contributed by atoms with van der Waals surface area (Å²) in [4.78, 5) is 0. The van der Waals surface area contributed by atoms with Crippen LogP contribution in [0, 0.1) is 5.92 Å². The van der Waals surface area contributed by atoms with Crippen LogP contribution in [0.1, 0.15) is 30.1 Å². The zero-order chi connectivity index (χ0) is 12.6. The highest BCUT2D eigenvalue weighted by atomic mass is 19.4. The van der Waals surface area contributed by atoms with E-state index in [1.54, 1.807) is 0 Å². The van der Waals surface area contributed by atoms with Crippen molar-refractivity contribution in [1.82, 2.24) is 0 Å². The van der Waals surface area contributed by atoms with Crippen LogP contribution in [0.4, 0.5) is 13.2 Å². The van der Waals surface area contributed by atoms with E-state index in [0.717, 1.165) is 18.9 Å². The van der Waals surface area contributed by atoms with E-state index in [4.69, 9.17) is 0 Å². The second-order valence-electron chi connectivity index (χ2n) is 4.36. The Hall–Kier alpha value is -1.07. The Morgan fingerprint density at radius 3 is 2.24 bits per heavy atom. The van der Waals surface area contributed by atoms with Crippen molar-refractivity contribution >= 4 is 0 Å². The maximum atomic E-state index is 12.7. The smallest absolute Gasteiger partial charge is 0.390 e. The molecule has 0 heterocycles. The maximum Gasteiger partial charge on any atom is 0.416 e. The molecule has 2 N–H and O–H groups in total. The van der Waals surface area contributed by atoms with E-state index < -0.39 is 23.9 Å². The molecule has 2 rings (SSSR count). The van der Waals surface area contributed by atoms with Crippen molar-refractivity contribution in [3.8, 4) is 0 Å². The number of hydrogen-bond donors (Lipinski definition) is 2. The molecule has 1 fully saturated rings. The van der Waals surface area contributed by atoms with Crippen molar-refractivity contribution < 1.29 is 23.4 Å². The highest BCUT2D eigenvalue weighted by Crippen LogP contribution is 2.41. The van der Waals surface area contributed by atoms with Crippen molar-refractivity contribution in [2.75, 3.05) is 0 Å². The minimum Gasteiger partial charge on any atom is -0.390 e. The van der Waals surface area contributed by atoms with Gasteiger partial charge in [-0.25, -0.2) is 0 Å². The lowest BCUT2D eigenvalue weighted by Gasteiger charge is -2.21. The normalized spacial score (nSPS) is 20.1. The third kappa shape index (κ3) is 2.61. The van der Waals surface area contributed by atoms with Crippen molar-refractivity contribution in [1.29, 1.82) is 0 Å². The molecule has 2 unspecified atom stereocenters. The third-order valence-corrected chi connectivity index (χ3v) is 3.01. The average molecular weight is 246 g/mol. The van der Waals surface area contributed by atoms with Crippen molar-refractivity contribution in [3.05, 3.63) is 35.4 Å². The van der Waals surface area contributed by atoms with Gasteiger partial charge in [0.25, 0.3) is 0 Å². The van der Waals surface area contributed by atoms with Crippen molar-refractivity contribution in [3.63, 3.8) is 0 Å². The van der Waals surface area contributed by atoms with Crippen LogP contribution in [0.25, 0.3) is 0 Å². The van der Waals surface area contributed by atoms with Crippen LogP contribution >= 0.6 is 0 Å². The molecule has 0 saturated heterocycles. The topological polar surface area (TPSA) is 40.5 Å². The maximum absolute atomic E-state index is 12.7. The molecule has 94 valence electrons. The first-order valence-electron chi connectivity index (χ1n) is 5.43. The summed E-state index contributed by atoms with van der Waals surface area (Å²) in [6.45, 7) is 0. The fourth-order valence-corrected chi connectivity index (χ4v) is 1.89. The number of halogens is 3. The van der Waals surface area contributed by atoms with Crippen LogP contribution in [0.5, 0.6) is 0 Å². The number of aliphatic hydroxyl groups is 2. The highest BCUT2D eigenvalue weighted by molar-refractivity contribution is 5.32. The highest BCUT2D eigenvalue weighted by Gasteiger charge is 2.40. The first-order chi connectivity index (χ1) is 7.91. The van der Waals surface area contributed by atoms with Crippen LogP contribution in [-0.2, 0) is 6.18 Å². The Morgan fingerprint density at radius 2 is 1.71 bits per heavy atom. The predicted octanol–water partition coefficient (Wildman–Crippen LogP) is 2.51. The minimum absolute atomic E-state index is 0.0775. The molecular formula is C12H13F3O2. The van der Waals surface area contributed by atoms with Crippen LogP contribution < -0.4 is 0 Å². The fourth-order valence-electron chi connectivity index (χ4n) is 1.89. The lowest BCUT2D eigenvalue weighted by molar-refractivity contribution is -0.140. The molecule has 0 amide bonds. The third-order valence-electron chi connectivity index (χ3n) is 3.01. The predicted molar refractivity (Wildman–Crippen MR) is 55.1 cm³/mol. The van der Waals surface area contributed by atoms with Gasteiger partial charge in [0, 0.05) is 0 Å². The van der Waals surface area contributed by atoms with Crippen LogP contribution in [-0.4, -0.2) is 16.3 Å². The number of rotatable bonds is 3. The minimum atomic E-state index is -4.51. The Bertz CT molecular complexity index is 399. The summed E-state index contributed by atoms with van der Waals surface area (Å²) in [7, 11) is 0. The number of hydrogen-bond acceptors (Lipinski definition) is 2. The summed E-state index contributed by atoms with van der Waals surface area (Å²) in [5.41, 5.74) is -1.13. The lowest BCUT2D eigenvalue weighted by atomic mass is 9.96. The first-order valence-corrected chi connectivity index (χ1v) is 5.43. The van der Waals surface area contributed by atoms with E-state index >= 15 is 0 Å². The van der Waals surface area contributed by atoms with Crippen molar-refractivity contribution in [2.45, 2.75) is 31.2 Å². The fraction of sp³-hybridized carbons (Fsp3) is 0.500. The van der Waals surface area contributed by atoms with Gasteiger partial charge in [-0.1, -0.05) is 18.2 Å². The number of benzene rings is 1. The SMILES string of the molecule is OC(c1ccccc1C(F)(F)F)C(O)C1CC1. The van der Waals surface area contributed by atoms with Gasteiger partial charge in [0.2, 0.25) is 0 Å². The second kappa shape index (κ2) is 4.31. The average Bonchev–Trinajstić information content (AvgIpc) is 3.10.